The Morgan fingerprint density at radius 3 is 2.65 bits per heavy atom. The van der Waals surface area contributed by atoms with Gasteiger partial charge in [-0.3, -0.25) is 5.01 Å². The molecule has 4 heterocycles. The second-order valence-electron chi connectivity index (χ2n) is 9.99. The number of hydrogen-bond acceptors (Lipinski definition) is 11. The predicted molar refractivity (Wildman–Crippen MR) is 141 cm³/mol. The molecule has 2 N–H and O–H groups in total. The fourth-order valence-electron chi connectivity index (χ4n) is 4.36. The molecule has 1 aromatic carbocycles. The van der Waals surface area contributed by atoms with Crippen LogP contribution in [0.4, 0.5) is 30.5 Å². The Labute approximate surface area is 228 Å². The number of hydrazone groups is 1. The van der Waals surface area contributed by atoms with Gasteiger partial charge in [0.15, 0.2) is 0 Å². The van der Waals surface area contributed by atoms with E-state index >= 15 is 0 Å². The molecule has 0 radical (unpaired) electrons. The Hall–Kier alpha value is -4.64. The quantitative estimate of drug-likeness (QED) is 0.448. The van der Waals surface area contributed by atoms with E-state index in [1.807, 2.05) is 29.8 Å². The topological polar surface area (TPSA) is 118 Å². The smallest absolute Gasteiger partial charge is 0.417 e. The summed E-state index contributed by atoms with van der Waals surface area (Å²) in [6.07, 6.45) is 0.625. The van der Waals surface area contributed by atoms with E-state index in [1.165, 1.54) is 18.5 Å². The summed E-state index contributed by atoms with van der Waals surface area (Å²) in [6.45, 7) is 5.18. The summed E-state index contributed by atoms with van der Waals surface area (Å²) < 4.78 is 46.3. The van der Waals surface area contributed by atoms with Gasteiger partial charge in [-0.2, -0.15) is 18.4 Å². The van der Waals surface area contributed by atoms with Crippen molar-refractivity contribution in [2.45, 2.75) is 38.5 Å². The number of rotatable bonds is 7. The van der Waals surface area contributed by atoms with Gasteiger partial charge in [0.05, 0.1) is 41.2 Å². The first-order valence-corrected chi connectivity index (χ1v) is 12.4. The first-order chi connectivity index (χ1) is 19.0. The van der Waals surface area contributed by atoms with Crippen molar-refractivity contribution in [3.63, 3.8) is 0 Å². The van der Waals surface area contributed by atoms with E-state index in [4.69, 9.17) is 10.00 Å². The maximum Gasteiger partial charge on any atom is 0.417 e. The third-order valence-corrected chi connectivity index (χ3v) is 6.62. The molecule has 2 aliphatic heterocycles. The van der Waals surface area contributed by atoms with Gasteiger partial charge in [0, 0.05) is 24.8 Å². The summed E-state index contributed by atoms with van der Waals surface area (Å²) in [6, 6.07) is 8.96. The summed E-state index contributed by atoms with van der Waals surface area (Å²) in [7, 11) is 1.80. The zero-order valence-corrected chi connectivity index (χ0v) is 22.1. The zero-order chi connectivity index (χ0) is 28.5. The van der Waals surface area contributed by atoms with Crippen molar-refractivity contribution in [1.29, 1.82) is 5.26 Å². The fraction of sp³-hybridized carbons (Fsp3) is 0.346. The summed E-state index contributed by atoms with van der Waals surface area (Å²) in [5, 5.41) is 19.9. The molecule has 0 aliphatic carbocycles. The Morgan fingerprint density at radius 1 is 1.15 bits per heavy atom. The van der Waals surface area contributed by atoms with Crippen molar-refractivity contribution in [2.24, 2.45) is 5.10 Å². The molecular formula is C26H27F3N10O. The predicted octanol–water partition coefficient (Wildman–Crippen LogP) is 3.84. The van der Waals surface area contributed by atoms with Crippen LogP contribution in [-0.4, -0.2) is 57.2 Å². The molecule has 0 unspecified atom stereocenters. The van der Waals surface area contributed by atoms with Crippen molar-refractivity contribution < 1.29 is 17.9 Å². The van der Waals surface area contributed by atoms with Crippen LogP contribution in [0.5, 0.6) is 5.75 Å². The number of aromatic nitrogens is 3. The lowest BCUT2D eigenvalue weighted by atomic mass is 10.0. The highest BCUT2D eigenvalue weighted by Gasteiger charge is 2.35. The van der Waals surface area contributed by atoms with E-state index in [2.05, 4.69) is 30.9 Å². The second-order valence-corrected chi connectivity index (χ2v) is 9.99. The molecule has 0 fully saturated rings. The van der Waals surface area contributed by atoms with Crippen LogP contribution in [-0.2, 0) is 19.1 Å². The highest BCUT2D eigenvalue weighted by atomic mass is 19.4. The first kappa shape index (κ1) is 26.9. The Morgan fingerprint density at radius 2 is 1.98 bits per heavy atom. The molecule has 11 nitrogen and oxygen atoms in total. The number of hydrazine groups is 2. The number of pyridine rings is 1. The Kier molecular flexibility index (Phi) is 7.07. The van der Waals surface area contributed by atoms with E-state index in [-0.39, 0.29) is 5.54 Å². The Balaban J connectivity index is 1.25. The molecule has 0 atom stereocenters. The standard InChI is InChI=1S/C26H27F3N10O/c1-25(2,39-16-34-37(3)36-39)14-40-19-6-7-23(31-12-19)35-24-20-8-9-38(13-22(20)32-15-33-24)18-5-4-17(11-30)21(10-18)26(27,28)29/h4-7,10,12,15-16,36H,8-9,13-14H2,1-3H3,(H,31,32,33,35). The number of hydrogen-bond donors (Lipinski definition) is 2. The van der Waals surface area contributed by atoms with Crippen molar-refractivity contribution >= 4 is 23.7 Å². The van der Waals surface area contributed by atoms with Gasteiger partial charge in [-0.15, -0.1) is 10.6 Å². The van der Waals surface area contributed by atoms with Gasteiger partial charge in [0.2, 0.25) is 0 Å². The number of nitriles is 1. The maximum absolute atomic E-state index is 13.5. The molecule has 5 rings (SSSR count). The molecule has 2 aliphatic rings. The summed E-state index contributed by atoms with van der Waals surface area (Å²) >= 11 is 0. The fourth-order valence-corrected chi connectivity index (χ4v) is 4.36. The monoisotopic (exact) mass is 552 g/mol. The molecule has 0 bridgehead atoms. The SMILES string of the molecule is CN1N=CN(C(C)(C)COc2ccc(Nc3ncnc4c3CCN(c3ccc(C#N)c(C(F)(F)F)c3)C4)nc2)N1. The van der Waals surface area contributed by atoms with Gasteiger partial charge in [-0.05, 0) is 50.6 Å². The minimum absolute atomic E-state index is 0.304. The molecule has 0 saturated carbocycles. The lowest BCUT2D eigenvalue weighted by Crippen LogP contribution is -2.54. The van der Waals surface area contributed by atoms with Gasteiger partial charge >= 0.3 is 6.18 Å². The highest BCUT2D eigenvalue weighted by Crippen LogP contribution is 2.36. The summed E-state index contributed by atoms with van der Waals surface area (Å²) in [5.74, 6) is 1.75. The van der Waals surface area contributed by atoms with Crippen LogP contribution >= 0.6 is 0 Å². The van der Waals surface area contributed by atoms with Gasteiger partial charge in [0.25, 0.3) is 0 Å². The van der Waals surface area contributed by atoms with Crippen molar-refractivity contribution in [1.82, 2.24) is 30.6 Å². The molecule has 0 spiro atoms. The number of fused-ring (bicyclic) bond motifs is 1. The molecule has 0 amide bonds. The minimum Gasteiger partial charge on any atom is -0.489 e. The van der Waals surface area contributed by atoms with Crippen LogP contribution < -0.4 is 20.5 Å². The minimum atomic E-state index is -4.62. The summed E-state index contributed by atoms with van der Waals surface area (Å²) in [5.41, 5.74) is 3.32. The number of anilines is 3. The van der Waals surface area contributed by atoms with Gasteiger partial charge < -0.3 is 15.0 Å². The van der Waals surface area contributed by atoms with Crippen LogP contribution in [0.15, 0.2) is 48.0 Å². The van der Waals surface area contributed by atoms with Gasteiger partial charge in [-0.1, -0.05) is 0 Å². The normalized spacial score (nSPS) is 15.2. The number of halogens is 3. The van der Waals surface area contributed by atoms with Gasteiger partial charge in [-0.25, -0.2) is 20.1 Å². The van der Waals surface area contributed by atoms with E-state index in [9.17, 15) is 13.2 Å². The van der Waals surface area contributed by atoms with E-state index in [1.54, 1.807) is 36.8 Å². The third-order valence-electron chi connectivity index (χ3n) is 6.62. The molecule has 2 aromatic heterocycles. The number of ether oxygens (including phenoxy) is 1. The highest BCUT2D eigenvalue weighted by molar-refractivity contribution is 5.61. The van der Waals surface area contributed by atoms with Crippen LogP contribution in [0.2, 0.25) is 0 Å². The van der Waals surface area contributed by atoms with Gasteiger partial charge in [0.1, 0.15) is 36.7 Å². The second kappa shape index (κ2) is 10.5. The number of nitrogens with one attached hydrogen (secondary N) is 2. The number of alkyl halides is 3. The van der Waals surface area contributed by atoms with Crippen LogP contribution in [0.25, 0.3) is 0 Å². The maximum atomic E-state index is 13.5. The van der Waals surface area contributed by atoms with Crippen LogP contribution in [0, 0.1) is 11.3 Å². The number of nitrogens with zero attached hydrogens (tertiary/aromatic N) is 8. The molecule has 0 saturated heterocycles. The molecular weight excluding hydrogens is 525 g/mol. The average molecular weight is 553 g/mol. The zero-order valence-electron chi connectivity index (χ0n) is 22.1. The van der Waals surface area contributed by atoms with Crippen LogP contribution in [0.3, 0.4) is 0 Å². The largest absolute Gasteiger partial charge is 0.489 e. The number of benzene rings is 1. The first-order valence-electron chi connectivity index (χ1n) is 12.4. The summed E-state index contributed by atoms with van der Waals surface area (Å²) in [4.78, 5) is 15.0. The van der Waals surface area contributed by atoms with E-state index in [0.717, 1.165) is 11.6 Å². The molecule has 208 valence electrons. The Bertz CT molecular complexity index is 1450. The van der Waals surface area contributed by atoms with Crippen molar-refractivity contribution in [2.75, 3.05) is 30.4 Å². The lowest BCUT2D eigenvalue weighted by molar-refractivity contribution is -0.137. The lowest BCUT2D eigenvalue weighted by Gasteiger charge is -2.34. The van der Waals surface area contributed by atoms with E-state index < -0.39 is 17.3 Å². The molecule has 14 heteroatoms. The third kappa shape index (κ3) is 5.69. The molecule has 3 aromatic rings. The molecule has 40 heavy (non-hydrogen) atoms. The van der Waals surface area contributed by atoms with E-state index in [0.29, 0.717) is 54.9 Å². The van der Waals surface area contributed by atoms with Crippen molar-refractivity contribution in [3.05, 3.63) is 65.2 Å². The van der Waals surface area contributed by atoms with Crippen molar-refractivity contribution in [3.8, 4) is 11.8 Å². The average Bonchev–Trinajstić information content (AvgIpc) is 3.39. The van der Waals surface area contributed by atoms with Crippen LogP contribution in [0.1, 0.15) is 36.2 Å².